The fourth-order valence-electron chi connectivity index (χ4n) is 3.62. The van der Waals surface area contributed by atoms with E-state index in [1.807, 2.05) is 31.2 Å². The van der Waals surface area contributed by atoms with Crippen molar-refractivity contribution in [1.82, 2.24) is 5.01 Å². The van der Waals surface area contributed by atoms with Gasteiger partial charge in [-0.2, -0.15) is 15.1 Å². The monoisotopic (exact) mass is 470 g/mol. The lowest BCUT2D eigenvalue weighted by Gasteiger charge is -2.19. The summed E-state index contributed by atoms with van der Waals surface area (Å²) in [5.41, 5.74) is 2.95. The van der Waals surface area contributed by atoms with Crippen molar-refractivity contribution in [3.8, 4) is 11.3 Å². The van der Waals surface area contributed by atoms with Gasteiger partial charge in [0, 0.05) is 11.1 Å². The summed E-state index contributed by atoms with van der Waals surface area (Å²) in [5, 5.41) is 15.5. The zero-order chi connectivity index (χ0) is 23.8. The first-order valence-corrected chi connectivity index (χ1v) is 11.1. The van der Waals surface area contributed by atoms with Crippen LogP contribution in [0.2, 0.25) is 0 Å². The normalized spacial score (nSPS) is 16.4. The minimum absolute atomic E-state index is 0.0567. The largest absolute Gasteiger partial charge is 0.465 e. The molecular formula is C25H18N4O4S. The zero-order valence-corrected chi connectivity index (χ0v) is 19.1. The lowest BCUT2D eigenvalue weighted by molar-refractivity contribution is -0.114. The van der Waals surface area contributed by atoms with Crippen LogP contribution in [-0.2, 0) is 9.53 Å². The molecule has 0 radical (unpaired) electrons. The van der Waals surface area contributed by atoms with Crippen LogP contribution in [0.15, 0.2) is 80.7 Å². The number of benzene rings is 2. The maximum atomic E-state index is 12.7. The molecule has 8 nitrogen and oxygen atoms in total. The van der Waals surface area contributed by atoms with Crippen molar-refractivity contribution in [1.29, 1.82) is 5.41 Å². The van der Waals surface area contributed by atoms with Gasteiger partial charge in [-0.1, -0.05) is 42.5 Å². The van der Waals surface area contributed by atoms with Crippen molar-refractivity contribution >= 4 is 45.8 Å². The molecule has 1 amide bonds. The van der Waals surface area contributed by atoms with Crippen molar-refractivity contribution in [3.63, 3.8) is 0 Å². The van der Waals surface area contributed by atoms with Gasteiger partial charge < -0.3 is 9.15 Å². The van der Waals surface area contributed by atoms with E-state index < -0.39 is 11.9 Å². The summed E-state index contributed by atoms with van der Waals surface area (Å²) in [6.45, 7) is 1.98. The second kappa shape index (κ2) is 8.60. The molecular weight excluding hydrogens is 452 g/mol. The highest BCUT2D eigenvalue weighted by molar-refractivity contribution is 8.27. The fraction of sp³-hybridized carbons (Fsp3) is 0.0800. The van der Waals surface area contributed by atoms with Crippen molar-refractivity contribution < 1.29 is 18.7 Å². The van der Waals surface area contributed by atoms with Crippen molar-refractivity contribution in [2.75, 3.05) is 7.11 Å². The molecule has 0 aliphatic carbocycles. The van der Waals surface area contributed by atoms with Crippen LogP contribution in [-0.4, -0.2) is 40.0 Å². The van der Waals surface area contributed by atoms with Crippen LogP contribution in [0, 0.1) is 12.3 Å². The number of aliphatic imine (C=N–C) groups is 1. The maximum Gasteiger partial charge on any atom is 0.338 e. The van der Waals surface area contributed by atoms with Crippen molar-refractivity contribution in [2.45, 2.75) is 6.92 Å². The Morgan fingerprint density at radius 3 is 2.59 bits per heavy atom. The van der Waals surface area contributed by atoms with E-state index in [9.17, 15) is 9.59 Å². The van der Waals surface area contributed by atoms with Gasteiger partial charge in [-0.25, -0.2) is 4.79 Å². The Bertz CT molecular complexity index is 1450. The fourth-order valence-corrected chi connectivity index (χ4v) is 4.60. The smallest absolute Gasteiger partial charge is 0.338 e. The Morgan fingerprint density at radius 1 is 1.09 bits per heavy atom. The second-order valence-corrected chi connectivity index (χ2v) is 8.44. The Balaban J connectivity index is 1.46. The van der Waals surface area contributed by atoms with Crippen LogP contribution in [0.1, 0.15) is 27.2 Å². The van der Waals surface area contributed by atoms with E-state index in [1.165, 1.54) is 30.0 Å². The van der Waals surface area contributed by atoms with E-state index in [-0.39, 0.29) is 11.4 Å². The molecule has 9 heteroatoms. The number of rotatable bonds is 4. The molecule has 0 bridgehead atoms. The summed E-state index contributed by atoms with van der Waals surface area (Å²) < 4.78 is 10.7. The first-order chi connectivity index (χ1) is 16.5. The summed E-state index contributed by atoms with van der Waals surface area (Å²) in [6.07, 6.45) is 1.46. The number of ether oxygens (including phenoxy) is 1. The molecule has 1 N–H and O–H groups in total. The molecule has 2 aromatic carbocycles. The molecule has 3 aromatic rings. The number of hydrazone groups is 1. The zero-order valence-electron chi connectivity index (χ0n) is 18.2. The number of furan rings is 1. The average Bonchev–Trinajstić information content (AvgIpc) is 3.49. The van der Waals surface area contributed by atoms with Crippen molar-refractivity contribution in [3.05, 3.63) is 88.7 Å². The third-order valence-electron chi connectivity index (χ3n) is 5.34. The van der Waals surface area contributed by atoms with Crippen molar-refractivity contribution in [2.24, 2.45) is 10.1 Å². The van der Waals surface area contributed by atoms with Gasteiger partial charge in [0.05, 0.1) is 18.2 Å². The third kappa shape index (κ3) is 3.75. The van der Waals surface area contributed by atoms with Crippen LogP contribution in [0.4, 0.5) is 0 Å². The number of hydrogen-bond donors (Lipinski definition) is 1. The summed E-state index contributed by atoms with van der Waals surface area (Å²) >= 11 is 1.26. The highest BCUT2D eigenvalue weighted by Crippen LogP contribution is 2.33. The number of hydrogen-bond acceptors (Lipinski definition) is 7. The first kappa shape index (κ1) is 21.6. The van der Waals surface area contributed by atoms with Crippen LogP contribution in [0.5, 0.6) is 0 Å². The molecule has 2 aliphatic heterocycles. The van der Waals surface area contributed by atoms with Crippen LogP contribution in [0.25, 0.3) is 17.4 Å². The van der Waals surface area contributed by atoms with E-state index in [0.29, 0.717) is 32.9 Å². The van der Waals surface area contributed by atoms with Crippen LogP contribution in [0.3, 0.4) is 0 Å². The Labute approximate surface area is 199 Å². The van der Waals surface area contributed by atoms with Gasteiger partial charge in [-0.05, 0) is 48.5 Å². The summed E-state index contributed by atoms with van der Waals surface area (Å²) in [7, 11) is 1.32. The minimum atomic E-state index is -0.544. The number of nitrogens with zero attached hydrogens (tertiary/aromatic N) is 3. The Morgan fingerprint density at radius 2 is 1.82 bits per heavy atom. The molecule has 0 fully saturated rings. The maximum absolute atomic E-state index is 12.7. The number of aryl methyl sites for hydroxylation is 1. The topological polar surface area (TPSA) is 108 Å². The Kier molecular flexibility index (Phi) is 5.46. The standard InChI is InChI=1S/C25H18N4O4S/c1-14-7-3-4-8-16(14)23-28-29-21(26)19(22(30)27-25(29)34-23)13-15-11-12-20(33-15)17-9-5-6-10-18(17)24(31)32-2/h3-13,26H,1-2H3/b19-13-,26-21?. The number of amides is 1. The minimum Gasteiger partial charge on any atom is -0.465 e. The molecule has 0 spiro atoms. The molecule has 0 saturated heterocycles. The summed E-state index contributed by atoms with van der Waals surface area (Å²) in [6, 6.07) is 18.1. The molecule has 168 valence electrons. The van der Waals surface area contributed by atoms with Crippen LogP contribution < -0.4 is 0 Å². The SMILES string of the molecule is COC(=O)c1ccccc1-c1ccc(/C=C2/C(=N)N3N=C(c4ccccc4C)SC3=NC2=O)o1. The molecule has 34 heavy (non-hydrogen) atoms. The van der Waals surface area contributed by atoms with Gasteiger partial charge in [0.2, 0.25) is 5.17 Å². The highest BCUT2D eigenvalue weighted by atomic mass is 32.2. The van der Waals surface area contributed by atoms with Gasteiger partial charge in [0.25, 0.3) is 5.91 Å². The number of fused-ring (bicyclic) bond motifs is 1. The number of thioether (sulfide) groups is 1. The number of esters is 1. The van der Waals surface area contributed by atoms with Gasteiger partial charge in [0.1, 0.15) is 16.6 Å². The second-order valence-electron chi connectivity index (χ2n) is 7.48. The first-order valence-electron chi connectivity index (χ1n) is 10.3. The van der Waals surface area contributed by atoms with Crippen LogP contribution >= 0.6 is 11.8 Å². The predicted octanol–water partition coefficient (Wildman–Crippen LogP) is 4.71. The van der Waals surface area contributed by atoms with E-state index in [1.54, 1.807) is 36.4 Å². The molecule has 2 aliphatic rings. The van der Waals surface area contributed by atoms with E-state index in [0.717, 1.165) is 11.1 Å². The molecule has 0 unspecified atom stereocenters. The quantitative estimate of drug-likeness (QED) is 0.437. The molecule has 1 aromatic heterocycles. The number of nitrogens with one attached hydrogen (secondary N) is 1. The highest BCUT2D eigenvalue weighted by Gasteiger charge is 2.36. The number of carbonyl (C=O) groups is 2. The molecule has 5 rings (SSSR count). The molecule has 0 saturated carbocycles. The lowest BCUT2D eigenvalue weighted by Crippen LogP contribution is -2.35. The average molecular weight is 471 g/mol. The van der Waals surface area contributed by atoms with Gasteiger partial charge in [-0.15, -0.1) is 0 Å². The number of methoxy groups -OCH3 is 1. The van der Waals surface area contributed by atoms with Gasteiger partial charge in [-0.3, -0.25) is 10.2 Å². The van der Waals surface area contributed by atoms with E-state index in [2.05, 4.69) is 10.1 Å². The number of amidine groups is 2. The van der Waals surface area contributed by atoms with E-state index >= 15 is 0 Å². The summed E-state index contributed by atoms with van der Waals surface area (Å²) in [5.74, 6) is -0.330. The van der Waals surface area contributed by atoms with Gasteiger partial charge in [0.15, 0.2) is 5.84 Å². The number of carbonyl (C=O) groups excluding carboxylic acids is 2. The Hall–Kier alpha value is -4.24. The molecule has 3 heterocycles. The molecule has 0 atom stereocenters. The summed E-state index contributed by atoms with van der Waals surface area (Å²) in [4.78, 5) is 29.0. The van der Waals surface area contributed by atoms with E-state index in [4.69, 9.17) is 14.6 Å². The van der Waals surface area contributed by atoms with Gasteiger partial charge >= 0.3 is 5.97 Å². The predicted molar refractivity (Wildman–Crippen MR) is 131 cm³/mol. The lowest BCUT2D eigenvalue weighted by atomic mass is 10.1. The third-order valence-corrected chi connectivity index (χ3v) is 6.28.